The summed E-state index contributed by atoms with van der Waals surface area (Å²) in [6, 6.07) is 4.90. The monoisotopic (exact) mass is 384 g/mol. The van der Waals surface area contributed by atoms with E-state index >= 15 is 0 Å². The average molecular weight is 384 g/mol. The van der Waals surface area contributed by atoms with Gasteiger partial charge in [0, 0.05) is 31.7 Å². The first kappa shape index (κ1) is 19.4. The lowest BCUT2D eigenvalue weighted by atomic mass is 10.0. The second kappa shape index (κ2) is 8.56. The van der Waals surface area contributed by atoms with E-state index in [1.54, 1.807) is 12.1 Å². The molecule has 0 saturated carbocycles. The summed E-state index contributed by atoms with van der Waals surface area (Å²) in [7, 11) is -3.61. The first-order valence-corrected chi connectivity index (χ1v) is 10.6. The number of nitrogens with zero attached hydrogens (tertiary/aromatic N) is 1. The number of hydrogen-bond acceptors (Lipinski definition) is 6. The van der Waals surface area contributed by atoms with Crippen molar-refractivity contribution in [2.24, 2.45) is 5.92 Å². The van der Waals surface area contributed by atoms with E-state index in [1.807, 2.05) is 0 Å². The molecular formula is C18H28N2O5S. The van der Waals surface area contributed by atoms with Gasteiger partial charge >= 0.3 is 0 Å². The molecule has 0 amide bonds. The zero-order valence-corrected chi connectivity index (χ0v) is 16.3. The Morgan fingerprint density at radius 2 is 1.77 bits per heavy atom. The van der Waals surface area contributed by atoms with Crippen molar-refractivity contribution in [2.45, 2.75) is 31.2 Å². The van der Waals surface area contributed by atoms with Crippen LogP contribution in [0.3, 0.4) is 0 Å². The summed E-state index contributed by atoms with van der Waals surface area (Å²) in [5, 5.41) is 0. The second-order valence-electron chi connectivity index (χ2n) is 7.09. The number of morpholine rings is 1. The van der Waals surface area contributed by atoms with Crippen LogP contribution in [0.1, 0.15) is 20.3 Å². The van der Waals surface area contributed by atoms with Gasteiger partial charge in [0.05, 0.1) is 18.1 Å². The molecule has 2 aliphatic heterocycles. The average Bonchev–Trinajstić information content (AvgIpc) is 2.65. The summed E-state index contributed by atoms with van der Waals surface area (Å²) in [5.41, 5.74) is 0. The third-order valence-electron chi connectivity index (χ3n) is 4.64. The number of hydrogen-bond donors (Lipinski definition) is 1. The van der Waals surface area contributed by atoms with E-state index in [2.05, 4.69) is 23.5 Å². The van der Waals surface area contributed by atoms with Crippen LogP contribution >= 0.6 is 0 Å². The van der Waals surface area contributed by atoms with E-state index in [0.29, 0.717) is 50.4 Å². The van der Waals surface area contributed by atoms with Crippen LogP contribution in [-0.4, -0.2) is 65.4 Å². The molecule has 0 radical (unpaired) electrons. The molecule has 2 aliphatic rings. The Kier molecular flexibility index (Phi) is 6.39. The molecule has 1 atom stereocenters. The normalized spacial score (nSPS) is 19.5. The molecule has 1 N–H and O–H groups in total. The zero-order valence-electron chi connectivity index (χ0n) is 15.4. The minimum absolute atomic E-state index is 0.158. The zero-order chi connectivity index (χ0) is 18.6. The predicted molar refractivity (Wildman–Crippen MR) is 98.3 cm³/mol. The molecule has 7 nitrogen and oxygen atoms in total. The molecule has 1 unspecified atom stereocenters. The van der Waals surface area contributed by atoms with Gasteiger partial charge in [-0.1, -0.05) is 13.8 Å². The van der Waals surface area contributed by atoms with Gasteiger partial charge in [-0.15, -0.1) is 0 Å². The van der Waals surface area contributed by atoms with Crippen LogP contribution in [0.5, 0.6) is 11.5 Å². The Morgan fingerprint density at radius 1 is 1.08 bits per heavy atom. The van der Waals surface area contributed by atoms with Crippen LogP contribution in [0.25, 0.3) is 0 Å². The van der Waals surface area contributed by atoms with Crippen LogP contribution in [0.15, 0.2) is 23.1 Å². The minimum Gasteiger partial charge on any atom is -0.486 e. The van der Waals surface area contributed by atoms with Crippen molar-refractivity contribution in [3.05, 3.63) is 18.2 Å². The molecular weight excluding hydrogens is 356 g/mol. The van der Waals surface area contributed by atoms with Crippen molar-refractivity contribution < 1.29 is 22.6 Å². The standard InChI is InChI=1S/C18H28N2O5S/c1-14(2)11-15(20-5-7-23-8-6-20)13-19-26(21,22)16-3-4-17-18(12-16)25-10-9-24-17/h3-4,12,14-15,19H,5-11,13H2,1-2H3. The Bertz CT molecular complexity index is 702. The fraction of sp³-hybridized carbons (Fsp3) is 0.667. The molecule has 1 aromatic carbocycles. The number of fused-ring (bicyclic) bond motifs is 1. The van der Waals surface area contributed by atoms with Crippen molar-refractivity contribution in [2.75, 3.05) is 46.1 Å². The summed E-state index contributed by atoms with van der Waals surface area (Å²) in [6.07, 6.45) is 0.934. The first-order valence-electron chi connectivity index (χ1n) is 9.17. The number of benzene rings is 1. The minimum atomic E-state index is -3.61. The third kappa shape index (κ3) is 4.88. The van der Waals surface area contributed by atoms with Crippen molar-refractivity contribution in [3.63, 3.8) is 0 Å². The molecule has 8 heteroatoms. The molecule has 1 fully saturated rings. The molecule has 146 valence electrons. The van der Waals surface area contributed by atoms with Gasteiger partial charge in [-0.3, -0.25) is 4.90 Å². The van der Waals surface area contributed by atoms with E-state index in [-0.39, 0.29) is 10.9 Å². The SMILES string of the molecule is CC(C)CC(CNS(=O)(=O)c1ccc2c(c1)OCCO2)N1CCOCC1. The van der Waals surface area contributed by atoms with Crippen LogP contribution in [0.2, 0.25) is 0 Å². The predicted octanol–water partition coefficient (Wildman–Crippen LogP) is 1.48. The number of nitrogens with one attached hydrogen (secondary N) is 1. The lowest BCUT2D eigenvalue weighted by molar-refractivity contribution is 0.0134. The largest absolute Gasteiger partial charge is 0.486 e. The van der Waals surface area contributed by atoms with Crippen LogP contribution in [0, 0.1) is 5.92 Å². The van der Waals surface area contributed by atoms with E-state index in [1.165, 1.54) is 6.07 Å². The molecule has 3 rings (SSSR count). The maximum Gasteiger partial charge on any atom is 0.240 e. The maximum atomic E-state index is 12.7. The van der Waals surface area contributed by atoms with Crippen LogP contribution < -0.4 is 14.2 Å². The van der Waals surface area contributed by atoms with Gasteiger partial charge in [0.15, 0.2) is 11.5 Å². The molecule has 2 heterocycles. The summed E-state index contributed by atoms with van der Waals surface area (Å²) in [5.74, 6) is 1.55. The van der Waals surface area contributed by atoms with Gasteiger partial charge in [-0.05, 0) is 24.5 Å². The van der Waals surface area contributed by atoms with Gasteiger partial charge in [0.1, 0.15) is 13.2 Å². The Balaban J connectivity index is 1.68. The quantitative estimate of drug-likeness (QED) is 0.767. The molecule has 0 bridgehead atoms. The van der Waals surface area contributed by atoms with Gasteiger partial charge in [-0.2, -0.15) is 0 Å². The summed E-state index contributed by atoms with van der Waals surface area (Å²) in [4.78, 5) is 2.52. The fourth-order valence-corrected chi connectivity index (χ4v) is 4.42. The molecule has 0 aliphatic carbocycles. The lowest BCUT2D eigenvalue weighted by Crippen LogP contribution is -2.49. The third-order valence-corrected chi connectivity index (χ3v) is 6.06. The van der Waals surface area contributed by atoms with Crippen molar-refractivity contribution >= 4 is 10.0 Å². The van der Waals surface area contributed by atoms with Crippen molar-refractivity contribution in [1.29, 1.82) is 0 Å². The number of sulfonamides is 1. The number of rotatable bonds is 7. The molecule has 26 heavy (non-hydrogen) atoms. The van der Waals surface area contributed by atoms with Crippen molar-refractivity contribution in [1.82, 2.24) is 9.62 Å². The highest BCUT2D eigenvalue weighted by atomic mass is 32.2. The molecule has 0 aromatic heterocycles. The van der Waals surface area contributed by atoms with Crippen LogP contribution in [0.4, 0.5) is 0 Å². The fourth-order valence-electron chi connectivity index (χ4n) is 3.33. The molecule has 1 aromatic rings. The van der Waals surface area contributed by atoms with Gasteiger partial charge < -0.3 is 14.2 Å². The van der Waals surface area contributed by atoms with E-state index < -0.39 is 10.0 Å². The Hall–Kier alpha value is -1.35. The summed E-state index contributed by atoms with van der Waals surface area (Å²) < 4.78 is 44.6. The highest BCUT2D eigenvalue weighted by molar-refractivity contribution is 7.89. The maximum absolute atomic E-state index is 12.7. The van der Waals surface area contributed by atoms with Crippen LogP contribution in [-0.2, 0) is 14.8 Å². The first-order chi connectivity index (χ1) is 12.5. The topological polar surface area (TPSA) is 77.1 Å². The Morgan fingerprint density at radius 3 is 2.46 bits per heavy atom. The lowest BCUT2D eigenvalue weighted by Gasteiger charge is -2.35. The molecule has 1 saturated heterocycles. The smallest absolute Gasteiger partial charge is 0.240 e. The van der Waals surface area contributed by atoms with E-state index in [0.717, 1.165) is 19.5 Å². The van der Waals surface area contributed by atoms with Gasteiger partial charge in [0.25, 0.3) is 0 Å². The summed E-state index contributed by atoms with van der Waals surface area (Å²) in [6.45, 7) is 8.67. The van der Waals surface area contributed by atoms with Crippen molar-refractivity contribution in [3.8, 4) is 11.5 Å². The molecule has 0 spiro atoms. The van der Waals surface area contributed by atoms with E-state index in [9.17, 15) is 8.42 Å². The summed E-state index contributed by atoms with van der Waals surface area (Å²) >= 11 is 0. The highest BCUT2D eigenvalue weighted by Gasteiger charge is 2.25. The highest BCUT2D eigenvalue weighted by Crippen LogP contribution is 2.32. The Labute approximate surface area is 155 Å². The van der Waals surface area contributed by atoms with Gasteiger partial charge in [0.2, 0.25) is 10.0 Å². The number of ether oxygens (including phenoxy) is 3. The second-order valence-corrected chi connectivity index (χ2v) is 8.86. The van der Waals surface area contributed by atoms with E-state index in [4.69, 9.17) is 14.2 Å². The van der Waals surface area contributed by atoms with Gasteiger partial charge in [-0.25, -0.2) is 13.1 Å².